The Balaban J connectivity index is 2.12. The quantitative estimate of drug-likeness (QED) is 0.724. The van der Waals surface area contributed by atoms with Gasteiger partial charge in [-0.25, -0.2) is 13.2 Å². The fraction of sp³-hybridized carbons (Fsp3) is 0.300. The molecule has 0 aliphatic rings. The van der Waals surface area contributed by atoms with Gasteiger partial charge in [0.15, 0.2) is 0 Å². The van der Waals surface area contributed by atoms with E-state index in [-0.39, 0.29) is 11.3 Å². The van der Waals surface area contributed by atoms with Crippen molar-refractivity contribution in [3.63, 3.8) is 0 Å². The molecule has 0 saturated carbocycles. The average Bonchev–Trinajstić information content (AvgIpc) is 2.66. The monoisotopic (exact) mass is 404 g/mol. The number of likely N-dealkylation sites (N-methyl/N-ethyl adjacent to an activating group) is 2. The summed E-state index contributed by atoms with van der Waals surface area (Å²) in [7, 11) is -1.18. The summed E-state index contributed by atoms with van der Waals surface area (Å²) in [6.45, 7) is 1.39. The summed E-state index contributed by atoms with van der Waals surface area (Å²) in [6, 6.07) is 14.2. The molecule has 2 aromatic carbocycles. The summed E-state index contributed by atoms with van der Waals surface area (Å²) in [5.74, 6) is -1.75. The molecular formula is C20H24N2O5S. The maximum atomic E-state index is 12.6. The Morgan fingerprint density at radius 3 is 2.11 bits per heavy atom. The summed E-state index contributed by atoms with van der Waals surface area (Å²) in [4.78, 5) is 25.4. The van der Waals surface area contributed by atoms with E-state index in [4.69, 9.17) is 0 Å². The van der Waals surface area contributed by atoms with Crippen molar-refractivity contribution < 1.29 is 23.1 Å². The van der Waals surface area contributed by atoms with Crippen LogP contribution in [0.4, 0.5) is 0 Å². The maximum absolute atomic E-state index is 12.6. The van der Waals surface area contributed by atoms with Crippen molar-refractivity contribution in [2.45, 2.75) is 24.3 Å². The molecule has 0 radical (unpaired) electrons. The molecular weight excluding hydrogens is 380 g/mol. The van der Waals surface area contributed by atoms with Crippen molar-refractivity contribution in [1.29, 1.82) is 0 Å². The second-order valence-electron chi connectivity index (χ2n) is 6.62. The van der Waals surface area contributed by atoms with Crippen molar-refractivity contribution in [3.8, 4) is 0 Å². The molecule has 0 aliphatic heterocycles. The van der Waals surface area contributed by atoms with E-state index in [9.17, 15) is 23.1 Å². The van der Waals surface area contributed by atoms with E-state index >= 15 is 0 Å². The van der Waals surface area contributed by atoms with Gasteiger partial charge in [-0.3, -0.25) is 4.79 Å². The third-order valence-corrected chi connectivity index (χ3v) is 6.32. The smallest absolute Gasteiger partial charge is 0.326 e. The van der Waals surface area contributed by atoms with Gasteiger partial charge in [0.25, 0.3) is 0 Å². The Bertz CT molecular complexity index is 927. The van der Waals surface area contributed by atoms with Crippen LogP contribution >= 0.6 is 0 Å². The van der Waals surface area contributed by atoms with E-state index in [0.717, 1.165) is 20.3 Å². The van der Waals surface area contributed by atoms with Crippen molar-refractivity contribution in [2.75, 3.05) is 20.6 Å². The van der Waals surface area contributed by atoms with Crippen molar-refractivity contribution >= 4 is 21.9 Å². The van der Waals surface area contributed by atoms with E-state index < -0.39 is 34.5 Å². The van der Waals surface area contributed by atoms with Crippen molar-refractivity contribution in [2.24, 2.45) is 0 Å². The van der Waals surface area contributed by atoms with Gasteiger partial charge in [-0.05, 0) is 24.6 Å². The van der Waals surface area contributed by atoms with Crippen LogP contribution < -0.4 is 0 Å². The number of hydrogen-bond acceptors (Lipinski definition) is 4. The van der Waals surface area contributed by atoms with Crippen LogP contribution in [0.15, 0.2) is 59.5 Å². The molecule has 0 unspecified atom stereocenters. The predicted molar refractivity (Wildman–Crippen MR) is 105 cm³/mol. The summed E-state index contributed by atoms with van der Waals surface area (Å²) in [5, 5.41) is 9.53. The summed E-state index contributed by atoms with van der Waals surface area (Å²) in [6.07, 6.45) is 0.132. The molecule has 2 rings (SSSR count). The number of rotatable bonds is 8. The first-order valence-corrected chi connectivity index (χ1v) is 10.1. The van der Waals surface area contributed by atoms with E-state index in [2.05, 4.69) is 0 Å². The average molecular weight is 404 g/mol. The Morgan fingerprint density at radius 1 is 1.00 bits per heavy atom. The van der Waals surface area contributed by atoms with Crippen LogP contribution in [0.2, 0.25) is 0 Å². The lowest BCUT2D eigenvalue weighted by atomic mass is 10.1. The number of aliphatic carboxylic acids is 1. The largest absolute Gasteiger partial charge is 0.480 e. The van der Waals surface area contributed by atoms with Crippen molar-refractivity contribution in [3.05, 3.63) is 65.7 Å². The van der Waals surface area contributed by atoms with Gasteiger partial charge in [0.05, 0.1) is 11.4 Å². The summed E-state index contributed by atoms with van der Waals surface area (Å²) >= 11 is 0. The second kappa shape index (κ2) is 8.99. The van der Waals surface area contributed by atoms with E-state index in [0.29, 0.717) is 0 Å². The zero-order chi connectivity index (χ0) is 20.9. The normalized spacial score (nSPS) is 12.6. The Kier molecular flexibility index (Phi) is 6.93. The van der Waals surface area contributed by atoms with E-state index in [1.165, 1.54) is 26.2 Å². The molecule has 0 heterocycles. The van der Waals surface area contributed by atoms with E-state index in [1.807, 2.05) is 13.0 Å². The van der Waals surface area contributed by atoms with Gasteiger partial charge in [-0.2, -0.15) is 4.31 Å². The SMILES string of the molecule is Cc1ccc(S(=O)(=O)N(C)CC(=O)N(C)[C@@H](Cc2ccccc2)C(=O)O)cc1. The van der Waals surface area contributed by atoms with Crippen LogP contribution in [0.3, 0.4) is 0 Å². The molecule has 0 spiro atoms. The fourth-order valence-corrected chi connectivity index (χ4v) is 3.80. The molecule has 1 N–H and O–H groups in total. The molecule has 8 heteroatoms. The number of amides is 1. The molecule has 2 aromatic rings. The number of benzene rings is 2. The Labute approximate surface area is 165 Å². The van der Waals surface area contributed by atoms with E-state index in [1.54, 1.807) is 36.4 Å². The molecule has 7 nitrogen and oxygen atoms in total. The van der Waals surface area contributed by atoms with Crippen LogP contribution in [-0.4, -0.2) is 61.3 Å². The summed E-state index contributed by atoms with van der Waals surface area (Å²) < 4.78 is 26.2. The minimum absolute atomic E-state index is 0.0788. The molecule has 0 fully saturated rings. The highest BCUT2D eigenvalue weighted by atomic mass is 32.2. The number of aryl methyl sites for hydroxylation is 1. The molecule has 28 heavy (non-hydrogen) atoms. The minimum Gasteiger partial charge on any atom is -0.480 e. The Hall–Kier alpha value is -2.71. The molecule has 1 amide bonds. The third-order valence-electron chi connectivity index (χ3n) is 4.50. The predicted octanol–water partition coefficient (Wildman–Crippen LogP) is 1.77. The van der Waals surface area contributed by atoms with Crippen molar-refractivity contribution in [1.82, 2.24) is 9.21 Å². The maximum Gasteiger partial charge on any atom is 0.326 e. The fourth-order valence-electron chi connectivity index (χ4n) is 2.68. The highest BCUT2D eigenvalue weighted by molar-refractivity contribution is 7.89. The van der Waals surface area contributed by atoms with Gasteiger partial charge in [-0.15, -0.1) is 0 Å². The third kappa shape index (κ3) is 5.17. The lowest BCUT2D eigenvalue weighted by Gasteiger charge is -2.27. The van der Waals surface area contributed by atoms with Crippen LogP contribution in [0.1, 0.15) is 11.1 Å². The van der Waals surface area contributed by atoms with Crippen LogP contribution in [0.5, 0.6) is 0 Å². The lowest BCUT2D eigenvalue weighted by molar-refractivity contribution is -0.149. The number of hydrogen-bond donors (Lipinski definition) is 1. The number of carboxylic acid groups (broad SMARTS) is 1. The van der Waals surface area contributed by atoms with Crippen LogP contribution in [0, 0.1) is 6.92 Å². The molecule has 0 bridgehead atoms. The van der Waals surface area contributed by atoms with Gasteiger partial charge in [0.1, 0.15) is 6.04 Å². The zero-order valence-corrected chi connectivity index (χ0v) is 16.9. The number of carbonyl (C=O) groups excluding carboxylic acids is 1. The van der Waals surface area contributed by atoms with Gasteiger partial charge >= 0.3 is 5.97 Å². The number of sulfonamides is 1. The molecule has 150 valence electrons. The van der Waals surface area contributed by atoms with Gasteiger partial charge in [-0.1, -0.05) is 48.0 Å². The molecule has 1 atom stereocenters. The first-order chi connectivity index (χ1) is 13.1. The topological polar surface area (TPSA) is 95.0 Å². The number of nitrogens with zero attached hydrogens (tertiary/aromatic N) is 2. The summed E-state index contributed by atoms with van der Waals surface area (Å²) in [5.41, 5.74) is 1.69. The second-order valence-corrected chi connectivity index (χ2v) is 8.67. The van der Waals surface area contributed by atoms with Gasteiger partial charge in [0.2, 0.25) is 15.9 Å². The first-order valence-electron chi connectivity index (χ1n) is 8.68. The number of carboxylic acids is 1. The number of carbonyl (C=O) groups is 2. The highest BCUT2D eigenvalue weighted by Gasteiger charge is 2.30. The Morgan fingerprint density at radius 2 is 1.57 bits per heavy atom. The van der Waals surface area contributed by atoms with Crippen LogP contribution in [-0.2, 0) is 26.0 Å². The minimum atomic E-state index is -3.85. The molecule has 0 aromatic heterocycles. The first kappa shape index (κ1) is 21.6. The molecule has 0 aliphatic carbocycles. The zero-order valence-electron chi connectivity index (χ0n) is 16.1. The van der Waals surface area contributed by atoms with Gasteiger partial charge < -0.3 is 10.0 Å². The van der Waals surface area contributed by atoms with Crippen LogP contribution in [0.25, 0.3) is 0 Å². The lowest BCUT2D eigenvalue weighted by Crippen LogP contribution is -2.48. The standard InChI is InChI=1S/C20H24N2O5S/c1-15-9-11-17(12-10-15)28(26,27)21(2)14-19(23)22(3)18(20(24)25)13-16-7-5-4-6-8-16/h4-12,18H,13-14H2,1-3H3,(H,24,25)/t18-/m0/s1. The molecule has 0 saturated heterocycles. The van der Waals surface area contributed by atoms with Gasteiger partial charge in [0, 0.05) is 20.5 Å². The highest BCUT2D eigenvalue weighted by Crippen LogP contribution is 2.16.